The average Bonchev–Trinajstić information content (AvgIpc) is 2.45. The largest absolute Gasteiger partial charge is 0.388 e. The second-order valence-corrected chi connectivity index (χ2v) is 6.65. The SMILES string of the molecule is CCC(C)C(C)(O)CNC(=O)/C=C1/CN2CCC1CC2. The average molecular weight is 280 g/mol. The summed E-state index contributed by atoms with van der Waals surface area (Å²) in [4.78, 5) is 14.4. The van der Waals surface area contributed by atoms with Crippen LogP contribution in [0.3, 0.4) is 0 Å². The van der Waals surface area contributed by atoms with Gasteiger partial charge in [-0.1, -0.05) is 20.3 Å². The molecule has 2 atom stereocenters. The van der Waals surface area contributed by atoms with E-state index in [2.05, 4.69) is 17.1 Å². The molecule has 2 N–H and O–H groups in total. The van der Waals surface area contributed by atoms with Crippen molar-refractivity contribution < 1.29 is 9.90 Å². The van der Waals surface area contributed by atoms with Crippen LogP contribution in [0.25, 0.3) is 0 Å². The van der Waals surface area contributed by atoms with E-state index in [4.69, 9.17) is 0 Å². The van der Waals surface area contributed by atoms with Crippen molar-refractivity contribution in [3.63, 3.8) is 0 Å². The fourth-order valence-electron chi connectivity index (χ4n) is 3.11. The third kappa shape index (κ3) is 3.61. The summed E-state index contributed by atoms with van der Waals surface area (Å²) in [6.07, 6.45) is 5.04. The van der Waals surface area contributed by atoms with Crippen LogP contribution in [0.15, 0.2) is 11.6 Å². The first kappa shape index (κ1) is 15.5. The van der Waals surface area contributed by atoms with Crippen LogP contribution in [0.2, 0.25) is 0 Å². The van der Waals surface area contributed by atoms with Crippen molar-refractivity contribution in [1.29, 1.82) is 0 Å². The Morgan fingerprint density at radius 3 is 2.70 bits per heavy atom. The van der Waals surface area contributed by atoms with Crippen LogP contribution in [0.4, 0.5) is 0 Å². The van der Waals surface area contributed by atoms with E-state index in [0.29, 0.717) is 12.5 Å². The Morgan fingerprint density at radius 1 is 1.55 bits per heavy atom. The fourth-order valence-corrected chi connectivity index (χ4v) is 3.11. The van der Waals surface area contributed by atoms with Crippen molar-refractivity contribution in [3.05, 3.63) is 11.6 Å². The van der Waals surface area contributed by atoms with Gasteiger partial charge in [-0.2, -0.15) is 0 Å². The number of nitrogens with zero attached hydrogens (tertiary/aromatic N) is 1. The first-order chi connectivity index (χ1) is 9.42. The molecule has 1 amide bonds. The fraction of sp³-hybridized carbons (Fsp3) is 0.812. The molecule has 20 heavy (non-hydrogen) atoms. The smallest absolute Gasteiger partial charge is 0.244 e. The van der Waals surface area contributed by atoms with Gasteiger partial charge in [0.15, 0.2) is 0 Å². The van der Waals surface area contributed by atoms with Crippen LogP contribution in [0, 0.1) is 11.8 Å². The molecule has 3 aliphatic rings. The summed E-state index contributed by atoms with van der Waals surface area (Å²) >= 11 is 0. The number of carbonyl (C=O) groups is 1. The van der Waals surface area contributed by atoms with Crippen LogP contribution >= 0.6 is 0 Å². The number of nitrogens with one attached hydrogen (secondary N) is 1. The molecule has 0 saturated carbocycles. The Labute approximate surface area is 122 Å². The molecule has 4 heteroatoms. The molecule has 0 aromatic rings. The number of hydrogen-bond acceptors (Lipinski definition) is 3. The minimum Gasteiger partial charge on any atom is -0.388 e. The Balaban J connectivity index is 1.87. The molecule has 0 aromatic heterocycles. The molecule has 0 radical (unpaired) electrons. The van der Waals surface area contributed by atoms with Crippen molar-refractivity contribution in [1.82, 2.24) is 10.2 Å². The quantitative estimate of drug-likeness (QED) is 0.751. The van der Waals surface area contributed by atoms with Crippen molar-refractivity contribution in [2.45, 2.75) is 45.6 Å². The van der Waals surface area contributed by atoms with Gasteiger partial charge in [-0.3, -0.25) is 9.69 Å². The van der Waals surface area contributed by atoms with E-state index in [1.54, 1.807) is 13.0 Å². The van der Waals surface area contributed by atoms with Gasteiger partial charge in [-0.25, -0.2) is 0 Å². The summed E-state index contributed by atoms with van der Waals surface area (Å²) in [5, 5.41) is 13.2. The molecule has 4 nitrogen and oxygen atoms in total. The number of amides is 1. The van der Waals surface area contributed by atoms with Gasteiger partial charge in [0.05, 0.1) is 5.60 Å². The molecular weight excluding hydrogens is 252 g/mol. The highest BCUT2D eigenvalue weighted by molar-refractivity contribution is 5.88. The summed E-state index contributed by atoms with van der Waals surface area (Å²) in [7, 11) is 0. The normalized spacial score (nSPS) is 31.9. The lowest BCUT2D eigenvalue weighted by molar-refractivity contribution is -0.118. The molecule has 2 unspecified atom stereocenters. The molecule has 0 aliphatic carbocycles. The highest BCUT2D eigenvalue weighted by Crippen LogP contribution is 2.31. The van der Waals surface area contributed by atoms with Crippen molar-refractivity contribution >= 4 is 5.91 Å². The highest BCUT2D eigenvalue weighted by atomic mass is 16.3. The maximum Gasteiger partial charge on any atom is 0.244 e. The zero-order valence-corrected chi connectivity index (χ0v) is 13.0. The van der Waals surface area contributed by atoms with E-state index in [9.17, 15) is 9.90 Å². The number of fused-ring (bicyclic) bond motifs is 3. The third-order valence-electron chi connectivity index (χ3n) is 5.13. The third-order valence-corrected chi connectivity index (χ3v) is 5.13. The number of piperidine rings is 3. The second kappa shape index (κ2) is 6.27. The summed E-state index contributed by atoms with van der Waals surface area (Å²) in [5.74, 6) is 0.713. The van der Waals surface area contributed by atoms with E-state index in [-0.39, 0.29) is 11.8 Å². The number of aliphatic hydroxyl groups is 1. The van der Waals surface area contributed by atoms with Gasteiger partial charge in [0, 0.05) is 19.2 Å². The zero-order valence-electron chi connectivity index (χ0n) is 13.0. The summed E-state index contributed by atoms with van der Waals surface area (Å²) in [6, 6.07) is 0. The van der Waals surface area contributed by atoms with E-state index >= 15 is 0 Å². The van der Waals surface area contributed by atoms with Gasteiger partial charge in [-0.05, 0) is 50.3 Å². The van der Waals surface area contributed by atoms with Crippen LogP contribution in [0.1, 0.15) is 40.0 Å². The van der Waals surface area contributed by atoms with Crippen molar-refractivity contribution in [2.75, 3.05) is 26.2 Å². The molecule has 2 bridgehead atoms. The van der Waals surface area contributed by atoms with Gasteiger partial charge < -0.3 is 10.4 Å². The van der Waals surface area contributed by atoms with E-state index in [1.165, 1.54) is 31.5 Å². The maximum absolute atomic E-state index is 12.0. The second-order valence-electron chi connectivity index (χ2n) is 6.65. The molecule has 3 fully saturated rings. The predicted octanol–water partition coefficient (Wildman–Crippen LogP) is 1.55. The Bertz CT molecular complexity index is 382. The molecule has 3 heterocycles. The molecule has 0 spiro atoms. The Kier molecular flexibility index (Phi) is 4.86. The minimum atomic E-state index is -0.835. The van der Waals surface area contributed by atoms with Crippen LogP contribution in [-0.4, -0.2) is 47.7 Å². The van der Waals surface area contributed by atoms with E-state index in [1.807, 2.05) is 6.92 Å². The van der Waals surface area contributed by atoms with Gasteiger partial charge in [0.25, 0.3) is 0 Å². The van der Waals surface area contributed by atoms with Gasteiger partial charge in [0.2, 0.25) is 5.91 Å². The van der Waals surface area contributed by atoms with Gasteiger partial charge in [-0.15, -0.1) is 0 Å². The number of carbonyl (C=O) groups excluding carboxylic acids is 1. The van der Waals surface area contributed by atoms with Crippen LogP contribution in [0.5, 0.6) is 0 Å². The van der Waals surface area contributed by atoms with Crippen LogP contribution in [-0.2, 0) is 4.79 Å². The number of rotatable bonds is 5. The first-order valence-corrected chi connectivity index (χ1v) is 7.85. The van der Waals surface area contributed by atoms with Gasteiger partial charge >= 0.3 is 0 Å². The zero-order chi connectivity index (χ0) is 14.8. The summed E-state index contributed by atoms with van der Waals surface area (Å²) < 4.78 is 0. The minimum absolute atomic E-state index is 0.0580. The lowest BCUT2D eigenvalue weighted by Crippen LogP contribution is -2.46. The standard InChI is InChI=1S/C16H28N2O2/c1-4-12(2)16(3,20)11-17-15(19)9-14-10-18-7-5-13(14)6-8-18/h9,12-13,20H,4-8,10-11H2,1-3H3,(H,17,19)/b14-9-. The summed E-state index contributed by atoms with van der Waals surface area (Å²) in [5.41, 5.74) is 0.432. The predicted molar refractivity (Wildman–Crippen MR) is 80.3 cm³/mol. The molecule has 3 saturated heterocycles. The van der Waals surface area contributed by atoms with E-state index in [0.717, 1.165) is 13.0 Å². The van der Waals surface area contributed by atoms with Gasteiger partial charge in [0.1, 0.15) is 0 Å². The lowest BCUT2D eigenvalue weighted by atomic mass is 9.83. The molecule has 114 valence electrons. The summed E-state index contributed by atoms with van der Waals surface area (Å²) in [6.45, 7) is 9.47. The first-order valence-electron chi connectivity index (χ1n) is 7.85. The topological polar surface area (TPSA) is 52.6 Å². The highest BCUT2D eigenvalue weighted by Gasteiger charge is 2.30. The van der Waals surface area contributed by atoms with E-state index < -0.39 is 5.60 Å². The monoisotopic (exact) mass is 280 g/mol. The molecule has 0 aromatic carbocycles. The van der Waals surface area contributed by atoms with Crippen LogP contribution < -0.4 is 5.32 Å². The molecular formula is C16H28N2O2. The van der Waals surface area contributed by atoms with Crippen molar-refractivity contribution in [2.24, 2.45) is 11.8 Å². The lowest BCUT2D eigenvalue weighted by Gasteiger charge is -2.41. The van der Waals surface area contributed by atoms with Crippen molar-refractivity contribution in [3.8, 4) is 0 Å². The molecule has 3 aliphatic heterocycles. The number of hydrogen-bond donors (Lipinski definition) is 2. The molecule has 3 rings (SSSR count). The Hall–Kier alpha value is -0.870. The maximum atomic E-state index is 12.0. The Morgan fingerprint density at radius 2 is 2.20 bits per heavy atom.